The monoisotopic (exact) mass is 206 g/mol. The number of nitrogen functional groups attached to an aromatic ring is 1. The Kier molecular flexibility index (Phi) is 2.37. The molecule has 0 amide bonds. The summed E-state index contributed by atoms with van der Waals surface area (Å²) in [5, 5.41) is 0.900. The Labute approximate surface area is 86.2 Å². The molecule has 0 aliphatic carbocycles. The van der Waals surface area contributed by atoms with Crippen molar-refractivity contribution in [3.63, 3.8) is 0 Å². The van der Waals surface area contributed by atoms with Crippen molar-refractivity contribution in [3.8, 4) is 15.5 Å². The maximum atomic E-state index is 5.50. The van der Waals surface area contributed by atoms with E-state index in [1.807, 2.05) is 18.2 Å². The normalized spacial score (nSPS) is 10.1. The van der Waals surface area contributed by atoms with Gasteiger partial charge >= 0.3 is 0 Å². The molecule has 0 fully saturated rings. The number of ether oxygens (including phenoxy) is 1. The van der Waals surface area contributed by atoms with Crippen LogP contribution in [0.2, 0.25) is 0 Å². The number of thiophene rings is 1. The van der Waals surface area contributed by atoms with Crippen LogP contribution in [0.25, 0.3) is 10.4 Å². The van der Waals surface area contributed by atoms with E-state index in [0.29, 0.717) is 5.82 Å². The number of rotatable bonds is 2. The van der Waals surface area contributed by atoms with E-state index in [1.54, 1.807) is 30.7 Å². The molecule has 2 heterocycles. The number of aromatic nitrogens is 1. The largest absolute Gasteiger partial charge is 0.487 e. The van der Waals surface area contributed by atoms with Crippen molar-refractivity contribution in [2.24, 2.45) is 0 Å². The van der Waals surface area contributed by atoms with E-state index < -0.39 is 0 Å². The van der Waals surface area contributed by atoms with Gasteiger partial charge in [0.25, 0.3) is 0 Å². The first kappa shape index (κ1) is 9.02. The number of nitrogens with two attached hydrogens (primary N) is 1. The topological polar surface area (TPSA) is 48.1 Å². The van der Waals surface area contributed by atoms with Crippen LogP contribution in [0.5, 0.6) is 5.06 Å². The summed E-state index contributed by atoms with van der Waals surface area (Å²) >= 11 is 1.59. The minimum Gasteiger partial charge on any atom is -0.487 e. The van der Waals surface area contributed by atoms with Crippen molar-refractivity contribution >= 4 is 17.2 Å². The highest BCUT2D eigenvalue weighted by molar-refractivity contribution is 7.17. The van der Waals surface area contributed by atoms with Gasteiger partial charge in [0.15, 0.2) is 5.06 Å². The summed E-state index contributed by atoms with van der Waals surface area (Å²) in [5.74, 6) is 0.539. The van der Waals surface area contributed by atoms with E-state index in [0.717, 1.165) is 15.5 Å². The summed E-state index contributed by atoms with van der Waals surface area (Å²) in [7, 11) is 1.66. The van der Waals surface area contributed by atoms with Gasteiger partial charge in [0.05, 0.1) is 7.11 Å². The van der Waals surface area contributed by atoms with Gasteiger partial charge in [-0.15, -0.1) is 0 Å². The number of pyridine rings is 1. The van der Waals surface area contributed by atoms with Gasteiger partial charge in [-0.1, -0.05) is 11.3 Å². The number of methoxy groups -OCH3 is 1. The lowest BCUT2D eigenvalue weighted by Gasteiger charge is -1.96. The Morgan fingerprint density at radius 2 is 2.14 bits per heavy atom. The minimum absolute atomic E-state index is 0.539. The lowest BCUT2D eigenvalue weighted by Crippen LogP contribution is -1.87. The Bertz CT molecular complexity index is 422. The van der Waals surface area contributed by atoms with Gasteiger partial charge in [0.2, 0.25) is 0 Å². The van der Waals surface area contributed by atoms with Crippen molar-refractivity contribution in [3.05, 3.63) is 30.5 Å². The Hall–Kier alpha value is -1.55. The minimum atomic E-state index is 0.539. The van der Waals surface area contributed by atoms with Crippen molar-refractivity contribution in [2.75, 3.05) is 12.8 Å². The SMILES string of the molecule is COc1ccc(-c2ccc(N)nc2)s1. The van der Waals surface area contributed by atoms with E-state index >= 15 is 0 Å². The molecule has 3 nitrogen and oxygen atoms in total. The van der Waals surface area contributed by atoms with Crippen molar-refractivity contribution in [1.82, 2.24) is 4.98 Å². The molecular formula is C10H10N2OS. The Morgan fingerprint density at radius 3 is 2.71 bits per heavy atom. The molecule has 0 aliphatic rings. The van der Waals surface area contributed by atoms with E-state index in [-0.39, 0.29) is 0 Å². The highest BCUT2D eigenvalue weighted by Gasteiger charge is 2.02. The number of anilines is 1. The predicted octanol–water partition coefficient (Wildman–Crippen LogP) is 2.40. The van der Waals surface area contributed by atoms with Crippen LogP contribution in [0.3, 0.4) is 0 Å². The molecule has 0 saturated carbocycles. The third kappa shape index (κ3) is 1.70. The van der Waals surface area contributed by atoms with Crippen LogP contribution in [0.1, 0.15) is 0 Å². The smallest absolute Gasteiger partial charge is 0.173 e. The lowest BCUT2D eigenvalue weighted by atomic mass is 10.2. The van der Waals surface area contributed by atoms with Crippen LogP contribution >= 0.6 is 11.3 Å². The third-order valence-corrected chi connectivity index (χ3v) is 2.95. The maximum Gasteiger partial charge on any atom is 0.173 e. The molecular weight excluding hydrogens is 196 g/mol. The average molecular weight is 206 g/mol. The summed E-state index contributed by atoms with van der Waals surface area (Å²) in [6.45, 7) is 0. The molecule has 4 heteroatoms. The van der Waals surface area contributed by atoms with Crippen molar-refractivity contribution in [2.45, 2.75) is 0 Å². The standard InChI is InChI=1S/C10H10N2OS/c1-13-10-5-3-8(14-10)7-2-4-9(11)12-6-7/h2-6H,1H3,(H2,11,12). The van der Waals surface area contributed by atoms with Gasteiger partial charge in [-0.25, -0.2) is 4.98 Å². The lowest BCUT2D eigenvalue weighted by molar-refractivity contribution is 0.427. The molecule has 2 aromatic heterocycles. The second kappa shape index (κ2) is 3.67. The summed E-state index contributed by atoms with van der Waals surface area (Å²) in [5.41, 5.74) is 6.57. The number of nitrogens with zero attached hydrogens (tertiary/aromatic N) is 1. The maximum absolute atomic E-state index is 5.50. The van der Waals surface area contributed by atoms with Crippen LogP contribution in [-0.4, -0.2) is 12.1 Å². The third-order valence-electron chi connectivity index (χ3n) is 1.85. The molecule has 2 aromatic rings. The van der Waals surface area contributed by atoms with Gasteiger partial charge in [-0.3, -0.25) is 0 Å². The van der Waals surface area contributed by atoms with Crippen LogP contribution in [0, 0.1) is 0 Å². The molecule has 0 unspecified atom stereocenters. The fourth-order valence-electron chi connectivity index (χ4n) is 1.14. The highest BCUT2D eigenvalue weighted by atomic mass is 32.1. The quantitative estimate of drug-likeness (QED) is 0.820. The highest BCUT2D eigenvalue weighted by Crippen LogP contribution is 2.32. The van der Waals surface area contributed by atoms with E-state index in [9.17, 15) is 0 Å². The summed E-state index contributed by atoms with van der Waals surface area (Å²) in [4.78, 5) is 5.17. The molecule has 0 aromatic carbocycles. The second-order valence-corrected chi connectivity index (χ2v) is 3.84. The molecule has 0 saturated heterocycles. The summed E-state index contributed by atoms with van der Waals surface area (Å²) in [6, 6.07) is 7.70. The fraction of sp³-hybridized carbons (Fsp3) is 0.100. The molecule has 72 valence electrons. The molecule has 0 aliphatic heterocycles. The Balaban J connectivity index is 2.34. The van der Waals surface area contributed by atoms with Gasteiger partial charge in [0, 0.05) is 16.6 Å². The van der Waals surface area contributed by atoms with E-state index in [4.69, 9.17) is 10.5 Å². The molecule has 0 bridgehead atoms. The molecule has 14 heavy (non-hydrogen) atoms. The zero-order chi connectivity index (χ0) is 9.97. The van der Waals surface area contributed by atoms with Crippen LogP contribution in [0.4, 0.5) is 5.82 Å². The van der Waals surface area contributed by atoms with Gasteiger partial charge in [-0.2, -0.15) is 0 Å². The van der Waals surface area contributed by atoms with Gasteiger partial charge in [0.1, 0.15) is 5.82 Å². The number of hydrogen-bond acceptors (Lipinski definition) is 4. The average Bonchev–Trinajstić information content (AvgIpc) is 2.67. The zero-order valence-corrected chi connectivity index (χ0v) is 8.54. The van der Waals surface area contributed by atoms with Crippen LogP contribution in [0.15, 0.2) is 30.5 Å². The van der Waals surface area contributed by atoms with Crippen LogP contribution in [-0.2, 0) is 0 Å². The zero-order valence-electron chi connectivity index (χ0n) is 7.73. The molecule has 2 rings (SSSR count). The van der Waals surface area contributed by atoms with Gasteiger partial charge < -0.3 is 10.5 Å². The first-order valence-electron chi connectivity index (χ1n) is 4.15. The molecule has 0 radical (unpaired) electrons. The Morgan fingerprint density at radius 1 is 1.29 bits per heavy atom. The van der Waals surface area contributed by atoms with E-state index in [2.05, 4.69) is 4.98 Å². The first-order valence-corrected chi connectivity index (χ1v) is 4.97. The molecule has 0 spiro atoms. The first-order chi connectivity index (χ1) is 6.79. The van der Waals surface area contributed by atoms with Crippen molar-refractivity contribution in [1.29, 1.82) is 0 Å². The molecule has 0 atom stereocenters. The molecule has 2 N–H and O–H groups in total. The number of hydrogen-bond donors (Lipinski definition) is 1. The predicted molar refractivity (Wildman–Crippen MR) is 58.5 cm³/mol. The second-order valence-electron chi connectivity index (χ2n) is 2.79. The summed E-state index contributed by atoms with van der Waals surface area (Å²) < 4.78 is 5.11. The van der Waals surface area contributed by atoms with Gasteiger partial charge in [-0.05, 0) is 24.3 Å². The van der Waals surface area contributed by atoms with Crippen molar-refractivity contribution < 1.29 is 4.74 Å². The fourth-order valence-corrected chi connectivity index (χ4v) is 1.95. The summed E-state index contributed by atoms with van der Waals surface area (Å²) in [6.07, 6.45) is 1.76. The van der Waals surface area contributed by atoms with Crippen LogP contribution < -0.4 is 10.5 Å². The van der Waals surface area contributed by atoms with E-state index in [1.165, 1.54) is 0 Å².